The van der Waals surface area contributed by atoms with Crippen molar-refractivity contribution in [1.29, 1.82) is 0 Å². The van der Waals surface area contributed by atoms with Crippen LogP contribution in [0.2, 0.25) is 0 Å². The number of likely N-dealkylation sites (tertiary alicyclic amines) is 1. The fourth-order valence-electron chi connectivity index (χ4n) is 4.94. The predicted molar refractivity (Wildman–Crippen MR) is 116 cm³/mol. The summed E-state index contributed by atoms with van der Waals surface area (Å²) in [6.45, 7) is 7.78. The lowest BCUT2D eigenvalue weighted by Crippen LogP contribution is -2.43. The van der Waals surface area contributed by atoms with Gasteiger partial charge in [-0.2, -0.15) is 4.98 Å². The second-order valence-electron chi connectivity index (χ2n) is 8.72. The second kappa shape index (κ2) is 7.96. The normalized spacial score (nSPS) is 26.9. The van der Waals surface area contributed by atoms with Crippen LogP contribution in [0.4, 0.5) is 17.7 Å². The number of nitrogens with two attached hydrogens (primary N) is 1. The first kappa shape index (κ1) is 19.4. The van der Waals surface area contributed by atoms with Crippen LogP contribution >= 0.6 is 0 Å². The maximum absolute atomic E-state index is 5.87. The maximum Gasteiger partial charge on any atom is 0.228 e. The number of hydrogen-bond acceptors (Lipinski definition) is 9. The Balaban J connectivity index is 1.53. The molecule has 5 heterocycles. The molecule has 0 aliphatic carbocycles. The number of anilines is 3. The molecule has 30 heavy (non-hydrogen) atoms. The van der Waals surface area contributed by atoms with Gasteiger partial charge in [0, 0.05) is 62.8 Å². The molecule has 2 aromatic heterocycles. The van der Waals surface area contributed by atoms with Crippen molar-refractivity contribution in [1.82, 2.24) is 24.8 Å². The molecule has 9 heteroatoms. The zero-order valence-electron chi connectivity index (χ0n) is 17.7. The molecule has 3 atom stereocenters. The quantitative estimate of drug-likeness (QED) is 0.799. The van der Waals surface area contributed by atoms with Gasteiger partial charge in [0.05, 0.1) is 18.4 Å². The third-order valence-corrected chi connectivity index (χ3v) is 6.44. The van der Waals surface area contributed by atoms with Gasteiger partial charge in [0.15, 0.2) is 0 Å². The number of nitrogen functional groups attached to an aromatic ring is 1. The smallest absolute Gasteiger partial charge is 0.228 e. The van der Waals surface area contributed by atoms with Crippen molar-refractivity contribution >= 4 is 17.7 Å². The highest BCUT2D eigenvalue weighted by Gasteiger charge is 2.39. The summed E-state index contributed by atoms with van der Waals surface area (Å²) >= 11 is 0. The molecule has 0 radical (unpaired) electrons. The maximum atomic E-state index is 5.87. The van der Waals surface area contributed by atoms with Gasteiger partial charge in [0.2, 0.25) is 11.9 Å². The van der Waals surface area contributed by atoms with E-state index in [1.54, 1.807) is 12.4 Å². The number of piperidine rings is 1. The lowest BCUT2D eigenvalue weighted by Gasteiger charge is -2.34. The van der Waals surface area contributed by atoms with Crippen LogP contribution in [0.25, 0.3) is 11.3 Å². The Kier molecular flexibility index (Phi) is 5.16. The molecule has 9 nitrogen and oxygen atoms in total. The SMILES string of the molecule is CC[C@H]1CN(c2cc(-c3cnc(N)nc3)nc(N3C[C@@H]4C[C@H]3CN(C)C4)n2)CCO1. The molecule has 0 aromatic carbocycles. The minimum absolute atomic E-state index is 0.236. The highest BCUT2D eigenvalue weighted by Crippen LogP contribution is 2.34. The van der Waals surface area contributed by atoms with E-state index < -0.39 is 0 Å². The fourth-order valence-corrected chi connectivity index (χ4v) is 4.94. The molecule has 3 aliphatic heterocycles. The van der Waals surface area contributed by atoms with E-state index in [-0.39, 0.29) is 12.1 Å². The Labute approximate surface area is 177 Å². The van der Waals surface area contributed by atoms with Gasteiger partial charge in [-0.1, -0.05) is 6.92 Å². The van der Waals surface area contributed by atoms with Gasteiger partial charge in [-0.3, -0.25) is 0 Å². The van der Waals surface area contributed by atoms with Crippen molar-refractivity contribution < 1.29 is 4.74 Å². The highest BCUT2D eigenvalue weighted by molar-refractivity contribution is 5.64. The minimum Gasteiger partial charge on any atom is -0.375 e. The van der Waals surface area contributed by atoms with Crippen molar-refractivity contribution in [3.05, 3.63) is 18.5 Å². The average Bonchev–Trinajstić information content (AvgIpc) is 3.08. The Morgan fingerprint density at radius 1 is 1.13 bits per heavy atom. The molecule has 0 saturated carbocycles. The van der Waals surface area contributed by atoms with Crippen LogP contribution in [0.1, 0.15) is 19.8 Å². The number of rotatable bonds is 4. The van der Waals surface area contributed by atoms with Crippen LogP contribution in [-0.4, -0.2) is 83.4 Å². The third-order valence-electron chi connectivity index (χ3n) is 6.44. The summed E-state index contributed by atoms with van der Waals surface area (Å²) in [6, 6.07) is 2.51. The van der Waals surface area contributed by atoms with Crippen LogP contribution in [-0.2, 0) is 4.74 Å². The van der Waals surface area contributed by atoms with Crippen LogP contribution in [0.3, 0.4) is 0 Å². The number of hydrogen-bond donors (Lipinski definition) is 1. The number of likely N-dealkylation sites (N-methyl/N-ethyl adjacent to an activating group) is 1. The van der Waals surface area contributed by atoms with Gasteiger partial charge in [0.1, 0.15) is 5.82 Å². The largest absolute Gasteiger partial charge is 0.375 e. The summed E-state index contributed by atoms with van der Waals surface area (Å²) in [6.07, 6.45) is 5.92. The molecule has 2 aromatic rings. The topological polar surface area (TPSA) is 96.5 Å². The molecule has 0 spiro atoms. The van der Waals surface area contributed by atoms with Crippen LogP contribution in [0, 0.1) is 5.92 Å². The molecule has 3 aliphatic rings. The summed E-state index contributed by atoms with van der Waals surface area (Å²) in [4.78, 5) is 25.5. The second-order valence-corrected chi connectivity index (χ2v) is 8.72. The van der Waals surface area contributed by atoms with Gasteiger partial charge in [-0.15, -0.1) is 0 Å². The fraction of sp³-hybridized carbons (Fsp3) is 0.619. The van der Waals surface area contributed by atoms with Gasteiger partial charge < -0.3 is 25.2 Å². The lowest BCUT2D eigenvalue weighted by molar-refractivity contribution is 0.0381. The minimum atomic E-state index is 0.236. The molecule has 3 saturated heterocycles. The first-order valence-corrected chi connectivity index (χ1v) is 10.9. The summed E-state index contributed by atoms with van der Waals surface area (Å²) < 4.78 is 5.87. The molecule has 0 amide bonds. The molecular formula is C21H30N8O. The number of fused-ring (bicyclic) bond motifs is 2. The predicted octanol–water partition coefficient (Wildman–Crippen LogP) is 1.27. The third kappa shape index (κ3) is 3.79. The Morgan fingerprint density at radius 3 is 2.77 bits per heavy atom. The summed E-state index contributed by atoms with van der Waals surface area (Å²) in [5.74, 6) is 2.70. The van der Waals surface area contributed by atoms with E-state index in [0.717, 1.165) is 68.8 Å². The Bertz CT molecular complexity index is 891. The molecular weight excluding hydrogens is 380 g/mol. The van der Waals surface area contributed by atoms with Gasteiger partial charge in [-0.25, -0.2) is 15.0 Å². The summed E-state index contributed by atoms with van der Waals surface area (Å²) in [5.41, 5.74) is 7.39. The van der Waals surface area contributed by atoms with E-state index in [2.05, 4.69) is 38.6 Å². The van der Waals surface area contributed by atoms with E-state index >= 15 is 0 Å². The van der Waals surface area contributed by atoms with Crippen LogP contribution in [0.5, 0.6) is 0 Å². The monoisotopic (exact) mass is 410 g/mol. The van der Waals surface area contributed by atoms with E-state index in [4.69, 9.17) is 20.4 Å². The Morgan fingerprint density at radius 2 is 1.97 bits per heavy atom. The van der Waals surface area contributed by atoms with Crippen molar-refractivity contribution in [3.8, 4) is 11.3 Å². The standard InChI is InChI=1S/C21H30N8O/c1-3-17-13-28(4-5-30-17)19-7-18(15-8-23-20(22)24-9-15)25-21(26-19)29-11-14-6-16(29)12-27(2)10-14/h7-9,14,16-17H,3-6,10-13H2,1-2H3,(H2,22,23,24)/t14-,16+,17+/m1/s1. The Hall–Kier alpha value is -2.52. The van der Waals surface area contributed by atoms with Crippen molar-refractivity contribution in [2.24, 2.45) is 5.92 Å². The van der Waals surface area contributed by atoms with E-state index in [0.29, 0.717) is 12.0 Å². The van der Waals surface area contributed by atoms with E-state index in [1.807, 2.05) is 6.07 Å². The van der Waals surface area contributed by atoms with Crippen LogP contribution in [0.15, 0.2) is 18.5 Å². The van der Waals surface area contributed by atoms with Crippen molar-refractivity contribution in [3.63, 3.8) is 0 Å². The van der Waals surface area contributed by atoms with Crippen molar-refractivity contribution in [2.45, 2.75) is 31.9 Å². The number of ether oxygens (including phenoxy) is 1. The number of morpholine rings is 1. The number of aromatic nitrogens is 4. The highest BCUT2D eigenvalue weighted by atomic mass is 16.5. The molecule has 160 valence electrons. The zero-order chi connectivity index (χ0) is 20.7. The molecule has 5 rings (SSSR count). The zero-order valence-corrected chi connectivity index (χ0v) is 17.7. The number of nitrogens with zero attached hydrogens (tertiary/aromatic N) is 7. The molecule has 3 fully saturated rings. The average molecular weight is 411 g/mol. The molecule has 2 N–H and O–H groups in total. The molecule has 2 bridgehead atoms. The summed E-state index contributed by atoms with van der Waals surface area (Å²) in [5, 5.41) is 0. The van der Waals surface area contributed by atoms with Crippen molar-refractivity contribution in [2.75, 3.05) is 61.9 Å². The van der Waals surface area contributed by atoms with Gasteiger partial charge in [0.25, 0.3) is 0 Å². The van der Waals surface area contributed by atoms with Gasteiger partial charge in [-0.05, 0) is 25.8 Å². The van der Waals surface area contributed by atoms with E-state index in [9.17, 15) is 0 Å². The summed E-state index contributed by atoms with van der Waals surface area (Å²) in [7, 11) is 2.20. The molecule has 0 unspecified atom stereocenters. The first-order valence-electron chi connectivity index (χ1n) is 10.9. The van der Waals surface area contributed by atoms with Crippen LogP contribution < -0.4 is 15.5 Å². The van der Waals surface area contributed by atoms with Gasteiger partial charge >= 0.3 is 0 Å². The van der Waals surface area contributed by atoms with E-state index in [1.165, 1.54) is 6.42 Å². The first-order chi connectivity index (χ1) is 14.6. The lowest BCUT2D eigenvalue weighted by atomic mass is 10.0.